The fraction of sp³-hybridized carbons (Fsp3) is 0.273. The lowest BCUT2D eigenvalue weighted by atomic mass is 10.1. The number of carboxylic acids is 1. The summed E-state index contributed by atoms with van der Waals surface area (Å²) in [4.78, 5) is 22.5. The van der Waals surface area contributed by atoms with E-state index in [-0.39, 0.29) is 11.3 Å². The molecule has 0 heterocycles. The van der Waals surface area contributed by atoms with Crippen molar-refractivity contribution in [2.45, 2.75) is 6.04 Å². The van der Waals surface area contributed by atoms with Crippen molar-refractivity contribution in [2.75, 3.05) is 13.7 Å². The summed E-state index contributed by atoms with van der Waals surface area (Å²) in [7, 11) is 1.36. The Morgan fingerprint density at radius 1 is 1.50 bits per heavy atom. The van der Waals surface area contributed by atoms with Gasteiger partial charge in [-0.3, -0.25) is 4.79 Å². The molecule has 0 fully saturated rings. The summed E-state index contributed by atoms with van der Waals surface area (Å²) in [5, 5.41) is 20.1. The molecule has 1 rings (SSSR count). The second-order valence-electron chi connectivity index (χ2n) is 3.39. The number of hydrogen-bond acceptors (Lipinski definition) is 4. The third-order valence-corrected chi connectivity index (χ3v) is 2.43. The Labute approximate surface area is 108 Å². The van der Waals surface area contributed by atoms with Crippen LogP contribution in [-0.2, 0) is 4.79 Å². The Hall–Kier alpha value is -1.79. The second kappa shape index (κ2) is 6.23. The minimum absolute atomic E-state index is 0.140. The lowest BCUT2D eigenvalue weighted by Gasteiger charge is -2.13. The number of ether oxygens (including phenoxy) is 1. The van der Waals surface area contributed by atoms with E-state index in [1.165, 1.54) is 25.3 Å². The number of methoxy groups -OCH3 is 1. The van der Waals surface area contributed by atoms with Crippen molar-refractivity contribution in [1.29, 1.82) is 0 Å². The van der Waals surface area contributed by atoms with Gasteiger partial charge < -0.3 is 20.3 Å². The molecule has 0 radical (unpaired) electrons. The fourth-order valence-corrected chi connectivity index (χ4v) is 1.44. The highest BCUT2D eigenvalue weighted by molar-refractivity contribution is 6.30. The number of carboxylic acid groups (broad SMARTS) is 1. The number of halogens is 1. The number of benzene rings is 1. The molecule has 3 N–H and O–H groups in total. The maximum absolute atomic E-state index is 11.8. The molecule has 98 valence electrons. The third kappa shape index (κ3) is 3.35. The van der Waals surface area contributed by atoms with Crippen LogP contribution in [0.4, 0.5) is 0 Å². The van der Waals surface area contributed by atoms with Gasteiger partial charge in [0.05, 0.1) is 19.3 Å². The van der Waals surface area contributed by atoms with Crippen molar-refractivity contribution in [3.8, 4) is 5.75 Å². The van der Waals surface area contributed by atoms with E-state index in [4.69, 9.17) is 26.6 Å². The van der Waals surface area contributed by atoms with Gasteiger partial charge in [0.15, 0.2) is 6.04 Å². The van der Waals surface area contributed by atoms with E-state index in [0.717, 1.165) is 0 Å². The van der Waals surface area contributed by atoms with Crippen LogP contribution in [0.25, 0.3) is 0 Å². The Morgan fingerprint density at radius 3 is 2.67 bits per heavy atom. The van der Waals surface area contributed by atoms with Crippen LogP contribution in [0.2, 0.25) is 5.02 Å². The van der Waals surface area contributed by atoms with Gasteiger partial charge in [0.2, 0.25) is 0 Å². The predicted octanol–water partition coefficient (Wildman–Crippen LogP) is 0.524. The van der Waals surface area contributed by atoms with Crippen molar-refractivity contribution in [3.05, 3.63) is 28.8 Å². The van der Waals surface area contributed by atoms with E-state index in [2.05, 4.69) is 5.32 Å². The lowest BCUT2D eigenvalue weighted by Crippen LogP contribution is -2.43. The minimum Gasteiger partial charge on any atom is -0.496 e. The van der Waals surface area contributed by atoms with E-state index < -0.39 is 24.5 Å². The van der Waals surface area contributed by atoms with Crippen LogP contribution in [0.3, 0.4) is 0 Å². The molecule has 1 unspecified atom stereocenters. The molecule has 7 heteroatoms. The molecule has 6 nitrogen and oxygen atoms in total. The topological polar surface area (TPSA) is 95.9 Å². The Balaban J connectivity index is 2.93. The highest BCUT2D eigenvalue weighted by atomic mass is 35.5. The van der Waals surface area contributed by atoms with Gasteiger partial charge in [-0.2, -0.15) is 0 Å². The van der Waals surface area contributed by atoms with Crippen molar-refractivity contribution >= 4 is 23.5 Å². The summed E-state index contributed by atoms with van der Waals surface area (Å²) in [6, 6.07) is 2.96. The van der Waals surface area contributed by atoms with Gasteiger partial charge in [-0.05, 0) is 18.2 Å². The van der Waals surface area contributed by atoms with E-state index in [0.29, 0.717) is 5.02 Å². The summed E-state index contributed by atoms with van der Waals surface area (Å²) in [5.74, 6) is -1.76. The molecule has 0 aliphatic rings. The van der Waals surface area contributed by atoms with Crippen LogP contribution in [0.15, 0.2) is 18.2 Å². The monoisotopic (exact) mass is 273 g/mol. The van der Waals surface area contributed by atoms with Crippen LogP contribution in [0, 0.1) is 0 Å². The molecule has 1 amide bonds. The molecule has 1 aromatic rings. The summed E-state index contributed by atoms with van der Waals surface area (Å²) in [5.41, 5.74) is 0.140. The number of nitrogens with one attached hydrogen (secondary N) is 1. The van der Waals surface area contributed by atoms with Gasteiger partial charge in [-0.25, -0.2) is 4.79 Å². The van der Waals surface area contributed by atoms with Crippen LogP contribution in [0.5, 0.6) is 5.75 Å². The zero-order valence-electron chi connectivity index (χ0n) is 9.51. The summed E-state index contributed by atoms with van der Waals surface area (Å²) in [6.07, 6.45) is 0. The van der Waals surface area contributed by atoms with E-state index in [1.54, 1.807) is 0 Å². The maximum atomic E-state index is 11.8. The summed E-state index contributed by atoms with van der Waals surface area (Å²) >= 11 is 5.74. The molecule has 0 aliphatic heterocycles. The average Bonchev–Trinajstić information content (AvgIpc) is 2.34. The predicted molar refractivity (Wildman–Crippen MR) is 64.0 cm³/mol. The first-order valence-corrected chi connectivity index (χ1v) is 5.35. The summed E-state index contributed by atoms with van der Waals surface area (Å²) < 4.78 is 4.97. The molecule has 0 aromatic heterocycles. The third-order valence-electron chi connectivity index (χ3n) is 2.19. The lowest BCUT2D eigenvalue weighted by molar-refractivity contribution is -0.140. The highest BCUT2D eigenvalue weighted by Gasteiger charge is 2.21. The van der Waals surface area contributed by atoms with Gasteiger partial charge >= 0.3 is 5.97 Å². The van der Waals surface area contributed by atoms with E-state index in [9.17, 15) is 9.59 Å². The average molecular weight is 274 g/mol. The maximum Gasteiger partial charge on any atom is 0.328 e. The smallest absolute Gasteiger partial charge is 0.328 e. The number of amides is 1. The largest absolute Gasteiger partial charge is 0.496 e. The van der Waals surface area contributed by atoms with Crippen molar-refractivity contribution in [3.63, 3.8) is 0 Å². The molecule has 18 heavy (non-hydrogen) atoms. The van der Waals surface area contributed by atoms with Gasteiger partial charge in [-0.1, -0.05) is 11.6 Å². The molecule has 1 aromatic carbocycles. The quantitative estimate of drug-likeness (QED) is 0.727. The van der Waals surface area contributed by atoms with Crippen molar-refractivity contribution < 1.29 is 24.5 Å². The zero-order chi connectivity index (χ0) is 13.7. The van der Waals surface area contributed by atoms with Gasteiger partial charge in [-0.15, -0.1) is 0 Å². The van der Waals surface area contributed by atoms with Crippen LogP contribution in [-0.4, -0.2) is 41.8 Å². The Morgan fingerprint density at radius 2 is 2.17 bits per heavy atom. The van der Waals surface area contributed by atoms with E-state index >= 15 is 0 Å². The van der Waals surface area contributed by atoms with Gasteiger partial charge in [0.25, 0.3) is 5.91 Å². The number of rotatable bonds is 5. The van der Waals surface area contributed by atoms with Crippen molar-refractivity contribution in [2.24, 2.45) is 0 Å². The second-order valence-corrected chi connectivity index (χ2v) is 3.83. The van der Waals surface area contributed by atoms with Crippen LogP contribution >= 0.6 is 11.6 Å². The standard InChI is InChI=1S/C11H12ClNO5/c1-18-9-4-6(12)2-3-7(9)10(15)13-8(5-14)11(16)17/h2-4,8,14H,5H2,1H3,(H,13,15)(H,16,17). The normalized spacial score (nSPS) is 11.7. The van der Waals surface area contributed by atoms with Crippen LogP contribution in [0.1, 0.15) is 10.4 Å². The first kappa shape index (κ1) is 14.3. The number of carbonyl (C=O) groups is 2. The van der Waals surface area contributed by atoms with Gasteiger partial charge in [0.1, 0.15) is 5.75 Å². The zero-order valence-corrected chi connectivity index (χ0v) is 10.3. The fourth-order valence-electron chi connectivity index (χ4n) is 1.27. The molecule has 0 saturated heterocycles. The molecule has 0 spiro atoms. The SMILES string of the molecule is COc1cc(Cl)ccc1C(=O)NC(CO)C(=O)O. The number of aliphatic hydroxyl groups is 1. The Kier molecular flexibility index (Phi) is 4.94. The van der Waals surface area contributed by atoms with Gasteiger partial charge in [0, 0.05) is 5.02 Å². The first-order chi connectivity index (χ1) is 8.49. The van der Waals surface area contributed by atoms with Crippen molar-refractivity contribution in [1.82, 2.24) is 5.32 Å². The molecule has 0 aliphatic carbocycles. The molecular weight excluding hydrogens is 262 g/mol. The molecular formula is C11H12ClNO5. The first-order valence-electron chi connectivity index (χ1n) is 4.97. The summed E-state index contributed by atoms with van der Waals surface area (Å²) in [6.45, 7) is -0.697. The molecule has 0 bridgehead atoms. The number of hydrogen-bond donors (Lipinski definition) is 3. The number of aliphatic carboxylic acids is 1. The number of carbonyl (C=O) groups excluding carboxylic acids is 1. The molecule has 1 atom stereocenters. The Bertz CT molecular complexity index is 463. The highest BCUT2D eigenvalue weighted by Crippen LogP contribution is 2.23. The van der Waals surface area contributed by atoms with Crippen LogP contribution < -0.4 is 10.1 Å². The molecule has 0 saturated carbocycles. The number of aliphatic hydroxyl groups excluding tert-OH is 1. The minimum atomic E-state index is -1.36. The van der Waals surface area contributed by atoms with E-state index in [1.807, 2.05) is 0 Å².